The molecule has 0 bridgehead atoms. The van der Waals surface area contributed by atoms with Crippen LogP contribution in [0.1, 0.15) is 6.92 Å². The number of aliphatic hydroxyl groups is 11. The Morgan fingerprint density at radius 1 is 0.703 bits per heavy atom. The summed E-state index contributed by atoms with van der Waals surface area (Å²) < 4.78 is 26.6. The van der Waals surface area contributed by atoms with Crippen LogP contribution in [0.4, 0.5) is 0 Å². The van der Waals surface area contributed by atoms with Gasteiger partial charge in [-0.2, -0.15) is 0 Å². The van der Waals surface area contributed by atoms with E-state index >= 15 is 0 Å². The molecule has 17 heteroatoms. The minimum absolute atomic E-state index is 0.791. The normalized spacial score (nSPS) is 51.1. The first-order chi connectivity index (χ1) is 17.3. The summed E-state index contributed by atoms with van der Waals surface area (Å²) in [5.74, 6) is -3.92. The molecule has 0 saturated carbocycles. The second-order valence-corrected chi connectivity index (χ2v) is 9.11. The maximum Gasteiger partial charge on any atom is 0.259 e. The predicted octanol–water partition coefficient (Wildman–Crippen LogP) is -7.61. The van der Waals surface area contributed by atoms with Crippen LogP contribution in [0.25, 0.3) is 0 Å². The molecule has 37 heavy (non-hydrogen) atoms. The Kier molecular flexibility index (Phi) is 9.95. The summed E-state index contributed by atoms with van der Waals surface area (Å²) in [5.41, 5.74) is 0. The van der Waals surface area contributed by atoms with E-state index in [1.165, 1.54) is 0 Å². The molecule has 15 atom stereocenters. The predicted molar refractivity (Wildman–Crippen MR) is 111 cm³/mol. The van der Waals surface area contributed by atoms with Crippen molar-refractivity contribution in [1.29, 1.82) is 0 Å². The second-order valence-electron chi connectivity index (χ2n) is 9.11. The fourth-order valence-corrected chi connectivity index (χ4v) is 4.52. The molecule has 0 aromatic carbocycles. The monoisotopic (exact) mass is 546 g/mol. The zero-order valence-electron chi connectivity index (χ0n) is 19.6. The van der Waals surface area contributed by atoms with Gasteiger partial charge in [-0.15, -0.1) is 0 Å². The summed E-state index contributed by atoms with van der Waals surface area (Å²) in [4.78, 5) is 12.7. The zero-order chi connectivity index (χ0) is 27.8. The van der Waals surface area contributed by atoms with Crippen LogP contribution in [0.3, 0.4) is 0 Å². The standard InChI is InChI=1S/C20H34O17/c1-5(24)20(37-16-7(3-22)33-18(32)12(28)11(16)27)17(31)14(30)15(8(4-23)36-20)35-19-13(29)10(26)9(25)6(2-21)34-19/h6-19,21-23,25-32H,2-4H2,1H3/t6-,7-,8-,9-,10+,11-,12-,13-,14+,15-,16-,17-,18-,19+,20-/m1/s1. The molecule has 3 aliphatic rings. The lowest BCUT2D eigenvalue weighted by Gasteiger charge is -2.52. The number of hydrogen-bond acceptors (Lipinski definition) is 17. The smallest absolute Gasteiger partial charge is 0.259 e. The number of ketones is 1. The van der Waals surface area contributed by atoms with Crippen molar-refractivity contribution in [3.63, 3.8) is 0 Å². The fraction of sp³-hybridized carbons (Fsp3) is 0.950. The Morgan fingerprint density at radius 3 is 1.84 bits per heavy atom. The van der Waals surface area contributed by atoms with E-state index in [0.29, 0.717) is 0 Å². The maximum atomic E-state index is 12.7. The van der Waals surface area contributed by atoms with Gasteiger partial charge in [-0.1, -0.05) is 0 Å². The highest BCUT2D eigenvalue weighted by molar-refractivity contribution is 5.84. The third-order valence-electron chi connectivity index (χ3n) is 6.70. The van der Waals surface area contributed by atoms with Crippen LogP contribution < -0.4 is 0 Å². The first-order valence-electron chi connectivity index (χ1n) is 11.4. The lowest BCUT2D eigenvalue weighted by molar-refractivity contribution is -0.401. The average molecular weight is 546 g/mol. The lowest BCUT2D eigenvalue weighted by Crippen LogP contribution is -2.73. The molecule has 0 radical (unpaired) electrons. The van der Waals surface area contributed by atoms with Gasteiger partial charge in [-0.3, -0.25) is 4.79 Å². The van der Waals surface area contributed by atoms with Crippen LogP contribution in [0.15, 0.2) is 0 Å². The van der Waals surface area contributed by atoms with Crippen molar-refractivity contribution in [3.8, 4) is 0 Å². The number of aliphatic hydroxyl groups excluding tert-OH is 11. The van der Waals surface area contributed by atoms with Gasteiger partial charge < -0.3 is 79.9 Å². The molecule has 0 aromatic rings. The van der Waals surface area contributed by atoms with Crippen molar-refractivity contribution in [1.82, 2.24) is 0 Å². The molecule has 0 spiro atoms. The highest BCUT2D eigenvalue weighted by Gasteiger charge is 2.62. The summed E-state index contributed by atoms with van der Waals surface area (Å²) >= 11 is 0. The Bertz CT molecular complexity index is 765. The molecule has 3 saturated heterocycles. The molecule has 3 aliphatic heterocycles. The number of carbonyl (C=O) groups excluding carboxylic acids is 1. The van der Waals surface area contributed by atoms with E-state index in [0.717, 1.165) is 6.92 Å². The number of Topliss-reactive ketones (excluding diaryl/α,β-unsaturated/α-hetero) is 1. The lowest BCUT2D eigenvalue weighted by atomic mass is 9.89. The summed E-state index contributed by atoms with van der Waals surface area (Å²) in [6, 6.07) is 0. The summed E-state index contributed by atoms with van der Waals surface area (Å²) in [6.07, 6.45) is -25.8. The van der Waals surface area contributed by atoms with E-state index in [2.05, 4.69) is 0 Å². The van der Waals surface area contributed by atoms with Crippen LogP contribution in [0.2, 0.25) is 0 Å². The van der Waals surface area contributed by atoms with Gasteiger partial charge in [0, 0.05) is 6.92 Å². The number of rotatable bonds is 8. The molecule has 11 N–H and O–H groups in total. The van der Waals surface area contributed by atoms with Crippen molar-refractivity contribution >= 4 is 5.78 Å². The van der Waals surface area contributed by atoms with Crippen molar-refractivity contribution in [2.24, 2.45) is 0 Å². The third kappa shape index (κ3) is 5.54. The van der Waals surface area contributed by atoms with Crippen molar-refractivity contribution < 1.29 is 84.7 Å². The number of hydrogen-bond donors (Lipinski definition) is 11. The van der Waals surface area contributed by atoms with Crippen LogP contribution in [0, 0.1) is 0 Å². The molecule has 17 nitrogen and oxygen atoms in total. The second kappa shape index (κ2) is 12.0. The summed E-state index contributed by atoms with van der Waals surface area (Å²) in [7, 11) is 0. The quantitative estimate of drug-likeness (QED) is 0.135. The SMILES string of the molecule is CC(=O)[C@]1(O[C@H]2[C@H](O)[C@@H](O)[C@H](O)O[C@@H]2CO)O[C@H](CO)[C@@H](O[C@@H]2O[C@H](CO)[C@@H](O)[C@H](O)[C@H]2O)[C@H](O)[C@H]1O. The van der Waals surface area contributed by atoms with Gasteiger partial charge in [0.1, 0.15) is 73.2 Å². The van der Waals surface area contributed by atoms with Gasteiger partial charge in [-0.25, -0.2) is 0 Å². The van der Waals surface area contributed by atoms with Gasteiger partial charge in [0.15, 0.2) is 18.4 Å². The molecular weight excluding hydrogens is 512 g/mol. The summed E-state index contributed by atoms with van der Waals surface area (Å²) in [6.45, 7) is -1.79. The van der Waals surface area contributed by atoms with Crippen LogP contribution in [0.5, 0.6) is 0 Å². The molecule has 216 valence electrons. The Balaban J connectivity index is 1.87. The molecule has 0 aliphatic carbocycles. The fourth-order valence-electron chi connectivity index (χ4n) is 4.52. The Morgan fingerprint density at radius 2 is 1.30 bits per heavy atom. The first kappa shape index (κ1) is 30.6. The van der Waals surface area contributed by atoms with Gasteiger partial charge in [0.2, 0.25) is 0 Å². The molecule has 0 unspecified atom stereocenters. The van der Waals surface area contributed by atoms with Crippen molar-refractivity contribution in [2.45, 2.75) is 98.5 Å². The maximum absolute atomic E-state index is 12.7. The molecule has 0 amide bonds. The van der Waals surface area contributed by atoms with Gasteiger partial charge in [0.25, 0.3) is 5.79 Å². The van der Waals surface area contributed by atoms with E-state index in [1.807, 2.05) is 0 Å². The minimum atomic E-state index is -2.83. The largest absolute Gasteiger partial charge is 0.394 e. The summed E-state index contributed by atoms with van der Waals surface area (Å²) in [5, 5.41) is 111. The van der Waals surface area contributed by atoms with E-state index < -0.39 is 117 Å². The van der Waals surface area contributed by atoms with Crippen LogP contribution in [-0.2, 0) is 28.5 Å². The van der Waals surface area contributed by atoms with E-state index in [-0.39, 0.29) is 0 Å². The van der Waals surface area contributed by atoms with Crippen molar-refractivity contribution in [3.05, 3.63) is 0 Å². The molecular formula is C20H34O17. The first-order valence-corrected chi connectivity index (χ1v) is 11.4. The van der Waals surface area contributed by atoms with Gasteiger partial charge >= 0.3 is 0 Å². The van der Waals surface area contributed by atoms with Gasteiger partial charge in [0.05, 0.1) is 19.8 Å². The van der Waals surface area contributed by atoms with Gasteiger partial charge in [-0.05, 0) is 0 Å². The topological polar surface area (TPSA) is 286 Å². The van der Waals surface area contributed by atoms with Crippen molar-refractivity contribution in [2.75, 3.05) is 19.8 Å². The van der Waals surface area contributed by atoms with Crippen LogP contribution >= 0.6 is 0 Å². The van der Waals surface area contributed by atoms with E-state index in [4.69, 9.17) is 23.7 Å². The van der Waals surface area contributed by atoms with E-state index in [1.54, 1.807) is 0 Å². The van der Waals surface area contributed by atoms with Crippen LogP contribution in [-0.4, -0.2) is 173 Å². The molecule has 3 heterocycles. The van der Waals surface area contributed by atoms with E-state index in [9.17, 15) is 61.0 Å². The number of carbonyl (C=O) groups is 1. The molecule has 3 fully saturated rings. The highest BCUT2D eigenvalue weighted by atomic mass is 16.8. The average Bonchev–Trinajstić information content (AvgIpc) is 2.87. The Hall–Kier alpha value is -0.970. The molecule has 3 rings (SSSR count). The number of ether oxygens (including phenoxy) is 5. The minimum Gasteiger partial charge on any atom is -0.394 e. The molecule has 0 aromatic heterocycles. The highest BCUT2D eigenvalue weighted by Crippen LogP contribution is 2.38. The Labute approximate surface area is 209 Å². The zero-order valence-corrected chi connectivity index (χ0v) is 19.6. The third-order valence-corrected chi connectivity index (χ3v) is 6.70.